The molecule has 0 saturated carbocycles. The Morgan fingerprint density at radius 2 is 0.990 bits per heavy atom. The van der Waals surface area contributed by atoms with Gasteiger partial charge in [-0.1, -0.05) is 257 Å². The lowest BCUT2D eigenvalue weighted by Gasteiger charge is -2.54. The van der Waals surface area contributed by atoms with E-state index in [1.165, 1.54) is 171 Å². The lowest BCUT2D eigenvalue weighted by Crippen LogP contribution is -2.42. The Kier molecular flexibility index (Phi) is 13.8. The van der Waals surface area contributed by atoms with Gasteiger partial charge in [0.25, 0.3) is 0 Å². The van der Waals surface area contributed by atoms with Gasteiger partial charge in [-0.2, -0.15) is 10.9 Å². The number of hydrogen-bond acceptors (Lipinski definition) is 3. The van der Waals surface area contributed by atoms with Gasteiger partial charge in [-0.25, -0.2) is 0 Å². The predicted molar refractivity (Wildman–Crippen MR) is 429 cm³/mol. The maximum Gasteiger partial charge on any atom is 0.148 e. The first kappa shape index (κ1) is 64.3. The smallest absolute Gasteiger partial charge is 0.148 e. The van der Waals surface area contributed by atoms with Crippen LogP contribution >= 0.6 is 10.9 Å². The summed E-state index contributed by atoms with van der Waals surface area (Å²) in [6.45, 7) is 43.3. The molecule has 2 aliphatic carbocycles. The Hall–Kier alpha value is -8.83. The average Bonchev–Trinajstić information content (AvgIpc) is 1.38. The van der Waals surface area contributed by atoms with Crippen LogP contribution in [0.4, 0.5) is 28.4 Å². The van der Waals surface area contributed by atoms with E-state index in [1.807, 2.05) is 0 Å². The number of fused-ring (bicyclic) bond motifs is 12. The van der Waals surface area contributed by atoms with E-state index in [9.17, 15) is 0 Å². The third-order valence-corrected chi connectivity index (χ3v) is 27.3. The zero-order chi connectivity index (χ0) is 70.3. The van der Waals surface area contributed by atoms with Crippen molar-refractivity contribution in [2.75, 3.05) is 9.80 Å². The van der Waals surface area contributed by atoms with Crippen LogP contribution in [0.15, 0.2) is 220 Å². The fraction of sp³-hybridized carbons (Fsp3) is 0.320. The van der Waals surface area contributed by atoms with E-state index in [0.29, 0.717) is 0 Å². The summed E-state index contributed by atoms with van der Waals surface area (Å²) in [4.78, 5) is 9.82. The quantitative estimate of drug-likeness (QED) is 0.174. The first-order chi connectivity index (χ1) is 47.8. The molecule has 0 amide bonds. The van der Waals surface area contributed by atoms with Crippen molar-refractivity contribution < 1.29 is 4.74 Å². The predicted octanol–water partition coefficient (Wildman–Crippen LogP) is 27.2. The number of allylic oxidation sites excluding steroid dienone is 5. The highest BCUT2D eigenvalue weighted by molar-refractivity contribution is 8.17. The Labute approximate surface area is 604 Å². The number of rotatable bonds is 2. The van der Waals surface area contributed by atoms with Crippen molar-refractivity contribution in [3.8, 4) is 56.0 Å². The molecule has 0 saturated heterocycles. The van der Waals surface area contributed by atoms with Gasteiger partial charge in [0, 0.05) is 43.2 Å². The third-order valence-electron chi connectivity index (χ3n) is 24.8. The molecule has 10 aromatic rings. The normalized spacial score (nSPS) is 20.4. The second-order valence-corrected chi connectivity index (χ2v) is 38.7. The van der Waals surface area contributed by atoms with Crippen molar-refractivity contribution in [2.45, 2.75) is 209 Å². The Bertz CT molecular complexity index is 5320. The fourth-order valence-corrected chi connectivity index (χ4v) is 21.5. The van der Waals surface area contributed by atoms with Crippen LogP contribution in [0.5, 0.6) is 11.5 Å². The molecule has 0 fully saturated rings. The van der Waals surface area contributed by atoms with Crippen molar-refractivity contribution in [1.29, 1.82) is 0 Å². The molecule has 508 valence electrons. The summed E-state index contributed by atoms with van der Waals surface area (Å²) in [5.41, 5.74) is 34.7. The summed E-state index contributed by atoms with van der Waals surface area (Å²) in [7, 11) is -1.28. The molecule has 8 aliphatic heterocycles. The highest BCUT2D eigenvalue weighted by Gasteiger charge is 2.57. The van der Waals surface area contributed by atoms with Gasteiger partial charge >= 0.3 is 0 Å². The van der Waals surface area contributed by atoms with Crippen molar-refractivity contribution in [3.63, 3.8) is 0 Å². The standard InChI is InChI=1S/C97H98N2OS/c1-91(2,3)66-33-25-56(26-34-66)60-47-62-51-64(49-60)73-21-19-23-75-76-24-20-22-74-65-50-61(57-27-35-67(36-28-57)92(4,5)6)48-63(52-65)59-31-39-69(40-32-59)97(18)77-53-70(93(7,8)9)41-44-78(77)98-79-45-42-71(94(10,11)12)54-81(79)101-82-55-72(95(13,14)15)43-46-80(82)100-89-84(96(16,17)68-37-29-58(62)30-38-68)87(83(97)88(98)90(89)101)99(85(73)75)86(74)76/h20-22,24-25,27-33,35-55,75,85,101H,19,23,26,34H2,1-18H3. The average molecular weight is 1340 g/mol. The minimum atomic E-state index is -1.28. The number of ether oxygens (including phenoxy) is 1. The topological polar surface area (TPSA) is 15.7 Å². The van der Waals surface area contributed by atoms with E-state index < -0.39 is 21.7 Å². The lowest BCUT2D eigenvalue weighted by atomic mass is 9.63. The van der Waals surface area contributed by atoms with Gasteiger partial charge in [0.05, 0.1) is 39.4 Å². The molecule has 0 aromatic heterocycles. The third kappa shape index (κ3) is 9.64. The molecule has 4 atom stereocenters. The molecule has 101 heavy (non-hydrogen) atoms. The summed E-state index contributed by atoms with van der Waals surface area (Å²) in [6, 6.07) is 74.3. The molecular formula is C97H98N2OS. The highest BCUT2D eigenvalue weighted by Crippen LogP contribution is 2.78. The summed E-state index contributed by atoms with van der Waals surface area (Å²) in [5.74, 6) is 2.13. The van der Waals surface area contributed by atoms with Crippen LogP contribution < -0.4 is 14.5 Å². The zero-order valence-electron chi connectivity index (χ0n) is 62.8. The first-order valence-electron chi connectivity index (χ1n) is 37.5. The van der Waals surface area contributed by atoms with Crippen LogP contribution in [0.3, 0.4) is 0 Å². The summed E-state index contributed by atoms with van der Waals surface area (Å²) < 4.78 is 8.36. The van der Waals surface area contributed by atoms with Crippen LogP contribution in [0.2, 0.25) is 0 Å². The lowest BCUT2D eigenvalue weighted by molar-refractivity contribution is 0.432. The molecule has 0 spiro atoms. The van der Waals surface area contributed by atoms with Gasteiger partial charge in [-0.15, -0.1) is 0 Å². The van der Waals surface area contributed by atoms with Crippen LogP contribution in [0, 0.1) is 5.41 Å². The van der Waals surface area contributed by atoms with Crippen molar-refractivity contribution in [1.82, 2.24) is 0 Å². The molecule has 10 aromatic carbocycles. The Morgan fingerprint density at radius 3 is 1.60 bits per heavy atom. The van der Waals surface area contributed by atoms with Gasteiger partial charge in [0.15, 0.2) is 0 Å². The highest BCUT2D eigenvalue weighted by atomic mass is 32.2. The minimum Gasteiger partial charge on any atom is -0.455 e. The van der Waals surface area contributed by atoms with Gasteiger partial charge in [0.2, 0.25) is 0 Å². The molecule has 4 unspecified atom stereocenters. The Morgan fingerprint density at radius 1 is 0.446 bits per heavy atom. The maximum absolute atomic E-state index is 8.36. The van der Waals surface area contributed by atoms with Gasteiger partial charge in [-0.3, -0.25) is 0 Å². The maximum atomic E-state index is 8.36. The molecule has 20 rings (SSSR count). The van der Waals surface area contributed by atoms with E-state index in [-0.39, 0.29) is 39.0 Å². The van der Waals surface area contributed by atoms with E-state index in [2.05, 4.69) is 335 Å². The van der Waals surface area contributed by atoms with E-state index in [4.69, 9.17) is 4.74 Å². The molecular weight excluding hydrogens is 1240 g/mol. The number of anilines is 5. The molecule has 4 heteroatoms. The first-order valence-corrected chi connectivity index (χ1v) is 38.8. The van der Waals surface area contributed by atoms with Crippen LogP contribution in [-0.4, -0.2) is 6.04 Å². The summed E-state index contributed by atoms with van der Waals surface area (Å²) >= 11 is 0. The number of benzene rings is 10. The second-order valence-electron chi connectivity index (χ2n) is 36.6. The van der Waals surface area contributed by atoms with Crippen molar-refractivity contribution in [2.24, 2.45) is 5.41 Å². The largest absolute Gasteiger partial charge is 0.455 e. The van der Waals surface area contributed by atoms with Gasteiger partial charge in [-0.05, 0) is 232 Å². The van der Waals surface area contributed by atoms with Gasteiger partial charge < -0.3 is 14.5 Å². The minimum absolute atomic E-state index is 0.0247. The fourth-order valence-electron chi connectivity index (χ4n) is 18.7. The molecule has 0 radical (unpaired) electrons. The number of para-hydroxylation sites is 1. The number of hydrogen-bond donors (Lipinski definition) is 1. The Balaban J connectivity index is 1.05. The SMILES string of the molecule is CC(C)(C)C1=CC=C(c2cc3cc(c2)-c2ccc(cc2)C(C)(C)c2c4c5c6c7c2N2c8c(cccc8C8CCC=C3C82)-c2cc(-c3ccc(C(C)(C)C)cc3)cc(c2)-c2ccc(cc2)C7(C)c2cc(C(C)(C)C)ccc2N6c2ccc(C(C)(C)C)cc2[SH]5c2cc(C(C)(C)C)ccc2O4)CC1. The molecule has 3 nitrogen and oxygen atoms in total. The molecule has 10 aliphatic rings. The molecule has 8 bridgehead atoms. The summed E-state index contributed by atoms with van der Waals surface area (Å²) in [5, 5.41) is 0. The van der Waals surface area contributed by atoms with E-state index >= 15 is 0 Å². The van der Waals surface area contributed by atoms with Crippen LogP contribution in [0.1, 0.15) is 223 Å². The zero-order valence-corrected chi connectivity index (χ0v) is 63.7. The van der Waals surface area contributed by atoms with E-state index in [0.717, 1.165) is 37.2 Å². The summed E-state index contributed by atoms with van der Waals surface area (Å²) in [6.07, 6.45) is 11.6. The molecule has 8 heterocycles. The molecule has 0 N–H and O–H groups in total. The van der Waals surface area contributed by atoms with Crippen molar-refractivity contribution >= 4 is 50.5 Å². The van der Waals surface area contributed by atoms with Crippen LogP contribution in [0.25, 0.3) is 55.7 Å². The number of thiol groups is 1. The monoisotopic (exact) mass is 1340 g/mol. The second kappa shape index (κ2) is 21.6. The number of nitrogens with zero attached hydrogens (tertiary/aromatic N) is 2. The van der Waals surface area contributed by atoms with E-state index in [1.54, 1.807) is 0 Å². The van der Waals surface area contributed by atoms with Crippen molar-refractivity contribution in [3.05, 3.63) is 273 Å². The van der Waals surface area contributed by atoms with Crippen LogP contribution in [-0.2, 0) is 32.5 Å². The van der Waals surface area contributed by atoms with Gasteiger partial charge in [0.1, 0.15) is 11.5 Å².